The summed E-state index contributed by atoms with van der Waals surface area (Å²) in [5, 5.41) is 0. The molecule has 1 unspecified atom stereocenters. The minimum absolute atomic E-state index is 0.0144. The maximum Gasteiger partial charge on any atom is 0.326 e. The molecule has 0 aliphatic carbocycles. The van der Waals surface area contributed by atoms with E-state index in [2.05, 4.69) is 4.74 Å². The smallest absolute Gasteiger partial charge is 0.326 e. The Bertz CT molecular complexity index is 380. The van der Waals surface area contributed by atoms with Crippen molar-refractivity contribution in [1.29, 1.82) is 0 Å². The molecule has 1 rings (SSSR count). The van der Waals surface area contributed by atoms with Crippen LogP contribution in [-0.4, -0.2) is 44.1 Å². The Morgan fingerprint density at radius 3 is 2.61 bits per heavy atom. The van der Waals surface area contributed by atoms with Gasteiger partial charge in [0.05, 0.1) is 7.11 Å². The van der Waals surface area contributed by atoms with Gasteiger partial charge in [0.15, 0.2) is 0 Å². The Balaban J connectivity index is 2.66. The van der Waals surface area contributed by atoms with E-state index in [1.54, 1.807) is 11.9 Å². The number of nitrogens with zero attached hydrogens (tertiary/aromatic N) is 1. The third-order valence-electron chi connectivity index (χ3n) is 2.60. The predicted octanol–water partition coefficient (Wildman–Crippen LogP) is 0.833. The first-order valence-corrected chi connectivity index (χ1v) is 5.56. The highest BCUT2D eigenvalue weighted by Gasteiger charge is 2.24. The number of benzene rings is 1. The monoisotopic (exact) mass is 251 g/mol. The first-order chi connectivity index (χ1) is 8.69. The van der Waals surface area contributed by atoms with E-state index in [0.717, 1.165) is 5.56 Å². The van der Waals surface area contributed by atoms with E-state index < -0.39 is 12.0 Å². The Labute approximate surface area is 106 Å². The molecule has 0 bridgehead atoms. The molecule has 5 heteroatoms. The largest absolute Gasteiger partial charge is 0.468 e. The second-order valence-electron chi connectivity index (χ2n) is 3.87. The van der Waals surface area contributed by atoms with Gasteiger partial charge in [-0.2, -0.15) is 0 Å². The van der Waals surface area contributed by atoms with Crippen LogP contribution in [0.2, 0.25) is 0 Å². The molecule has 98 valence electrons. The molecule has 0 amide bonds. The minimum atomic E-state index is -0.597. The average molecular weight is 251 g/mol. The summed E-state index contributed by atoms with van der Waals surface area (Å²) in [6, 6.07) is 9.12. The van der Waals surface area contributed by atoms with Gasteiger partial charge < -0.3 is 9.47 Å². The van der Waals surface area contributed by atoms with Crippen molar-refractivity contribution in [2.75, 3.05) is 20.8 Å². The highest BCUT2D eigenvalue weighted by atomic mass is 16.5. The fourth-order valence-corrected chi connectivity index (χ4v) is 1.62. The quantitative estimate of drug-likeness (QED) is 0.531. The van der Waals surface area contributed by atoms with Crippen LogP contribution in [0.15, 0.2) is 30.3 Å². The lowest BCUT2D eigenvalue weighted by atomic mass is 10.2. The molecule has 0 fully saturated rings. The summed E-state index contributed by atoms with van der Waals surface area (Å²) in [6.07, 6.45) is 0. The van der Waals surface area contributed by atoms with Gasteiger partial charge in [-0.05, 0) is 12.6 Å². The van der Waals surface area contributed by atoms with Gasteiger partial charge in [-0.3, -0.25) is 14.5 Å². The van der Waals surface area contributed by atoms with E-state index in [1.165, 1.54) is 7.11 Å². The molecule has 5 nitrogen and oxygen atoms in total. The van der Waals surface area contributed by atoms with Crippen molar-refractivity contribution >= 4 is 12.4 Å². The standard InChI is InChI=1S/C13H17NO4/c1-14(8-11-6-4-3-5-7-11)12(9-18-10-15)13(16)17-2/h3-7,10,12H,8-9H2,1-2H3. The fraction of sp³-hybridized carbons (Fsp3) is 0.385. The Morgan fingerprint density at radius 1 is 1.39 bits per heavy atom. The zero-order valence-corrected chi connectivity index (χ0v) is 10.5. The van der Waals surface area contributed by atoms with E-state index >= 15 is 0 Å². The summed E-state index contributed by atoms with van der Waals surface area (Å²) in [4.78, 5) is 23.6. The Kier molecular flexibility index (Phi) is 5.87. The molecular weight excluding hydrogens is 234 g/mol. The molecule has 1 aromatic carbocycles. The van der Waals surface area contributed by atoms with E-state index in [-0.39, 0.29) is 6.61 Å². The van der Waals surface area contributed by atoms with Crippen molar-refractivity contribution in [2.45, 2.75) is 12.6 Å². The SMILES string of the molecule is COC(=O)C(COC=O)N(C)Cc1ccccc1. The summed E-state index contributed by atoms with van der Waals surface area (Å²) in [6.45, 7) is 0.884. The van der Waals surface area contributed by atoms with Gasteiger partial charge in [-0.15, -0.1) is 0 Å². The van der Waals surface area contributed by atoms with Crippen LogP contribution in [0.5, 0.6) is 0 Å². The van der Waals surface area contributed by atoms with E-state index in [1.807, 2.05) is 30.3 Å². The van der Waals surface area contributed by atoms with E-state index in [9.17, 15) is 9.59 Å². The summed E-state index contributed by atoms with van der Waals surface area (Å²) >= 11 is 0. The molecule has 0 radical (unpaired) electrons. The topological polar surface area (TPSA) is 55.8 Å². The molecule has 0 heterocycles. The first-order valence-electron chi connectivity index (χ1n) is 5.56. The lowest BCUT2D eigenvalue weighted by molar-refractivity contribution is -0.150. The summed E-state index contributed by atoms with van der Waals surface area (Å²) in [5.74, 6) is -0.421. The van der Waals surface area contributed by atoms with Crippen molar-refractivity contribution in [3.63, 3.8) is 0 Å². The van der Waals surface area contributed by atoms with Crippen LogP contribution < -0.4 is 0 Å². The molecule has 18 heavy (non-hydrogen) atoms. The van der Waals surface area contributed by atoms with Crippen LogP contribution in [0.3, 0.4) is 0 Å². The Morgan fingerprint density at radius 2 is 2.06 bits per heavy atom. The molecule has 0 aromatic heterocycles. The van der Waals surface area contributed by atoms with E-state index in [4.69, 9.17) is 4.74 Å². The van der Waals surface area contributed by atoms with Gasteiger partial charge in [-0.25, -0.2) is 0 Å². The van der Waals surface area contributed by atoms with Crippen molar-refractivity contribution < 1.29 is 19.1 Å². The maximum atomic E-state index is 11.6. The van der Waals surface area contributed by atoms with Crippen LogP contribution >= 0.6 is 0 Å². The molecule has 1 atom stereocenters. The molecule has 1 aromatic rings. The fourth-order valence-electron chi connectivity index (χ4n) is 1.62. The van der Waals surface area contributed by atoms with Crippen molar-refractivity contribution in [3.8, 4) is 0 Å². The molecule has 0 aliphatic heterocycles. The number of carbonyl (C=O) groups excluding carboxylic acids is 2. The van der Waals surface area contributed by atoms with Crippen LogP contribution in [0.4, 0.5) is 0 Å². The highest BCUT2D eigenvalue weighted by Crippen LogP contribution is 2.07. The number of hydrogen-bond donors (Lipinski definition) is 0. The minimum Gasteiger partial charge on any atom is -0.468 e. The molecular formula is C13H17NO4. The molecule has 0 spiro atoms. The zero-order chi connectivity index (χ0) is 13.4. The second kappa shape index (κ2) is 7.45. The van der Waals surface area contributed by atoms with Gasteiger partial charge in [0.1, 0.15) is 12.6 Å². The predicted molar refractivity (Wildman–Crippen MR) is 65.7 cm³/mol. The summed E-state index contributed by atoms with van der Waals surface area (Å²) in [5.41, 5.74) is 1.07. The number of esters is 1. The molecule has 0 aliphatic rings. The van der Waals surface area contributed by atoms with Crippen molar-refractivity contribution in [1.82, 2.24) is 4.90 Å². The highest BCUT2D eigenvalue weighted by molar-refractivity contribution is 5.75. The zero-order valence-electron chi connectivity index (χ0n) is 10.5. The lowest BCUT2D eigenvalue weighted by Crippen LogP contribution is -2.42. The summed E-state index contributed by atoms with van der Waals surface area (Å²) in [7, 11) is 3.09. The normalized spacial score (nSPS) is 11.9. The van der Waals surface area contributed by atoms with Gasteiger partial charge in [0.2, 0.25) is 0 Å². The van der Waals surface area contributed by atoms with Crippen LogP contribution in [0.25, 0.3) is 0 Å². The van der Waals surface area contributed by atoms with Gasteiger partial charge in [0, 0.05) is 6.54 Å². The van der Waals surface area contributed by atoms with E-state index in [0.29, 0.717) is 13.0 Å². The maximum absolute atomic E-state index is 11.6. The number of ether oxygens (including phenoxy) is 2. The summed E-state index contributed by atoms with van der Waals surface area (Å²) < 4.78 is 9.35. The first kappa shape index (κ1) is 14.2. The van der Waals surface area contributed by atoms with Crippen molar-refractivity contribution in [2.24, 2.45) is 0 Å². The third kappa shape index (κ3) is 4.18. The van der Waals surface area contributed by atoms with Crippen LogP contribution in [0, 0.1) is 0 Å². The second-order valence-corrected chi connectivity index (χ2v) is 3.87. The number of likely N-dealkylation sites (N-methyl/N-ethyl adjacent to an activating group) is 1. The molecule has 0 N–H and O–H groups in total. The number of carbonyl (C=O) groups is 2. The van der Waals surface area contributed by atoms with Crippen molar-refractivity contribution in [3.05, 3.63) is 35.9 Å². The van der Waals surface area contributed by atoms with Crippen LogP contribution in [-0.2, 0) is 25.6 Å². The number of hydrogen-bond acceptors (Lipinski definition) is 5. The third-order valence-corrected chi connectivity index (χ3v) is 2.60. The van der Waals surface area contributed by atoms with Gasteiger partial charge in [-0.1, -0.05) is 30.3 Å². The van der Waals surface area contributed by atoms with Gasteiger partial charge >= 0.3 is 5.97 Å². The van der Waals surface area contributed by atoms with Crippen LogP contribution in [0.1, 0.15) is 5.56 Å². The Hall–Kier alpha value is -1.88. The average Bonchev–Trinajstić information content (AvgIpc) is 2.40. The number of methoxy groups -OCH3 is 1. The number of rotatable bonds is 7. The van der Waals surface area contributed by atoms with Gasteiger partial charge in [0.25, 0.3) is 6.47 Å². The lowest BCUT2D eigenvalue weighted by Gasteiger charge is -2.24. The molecule has 0 saturated heterocycles. The molecule has 0 saturated carbocycles.